The summed E-state index contributed by atoms with van der Waals surface area (Å²) in [5.74, 6) is 1.01. The average molecular weight is 349 g/mol. The van der Waals surface area contributed by atoms with Crippen molar-refractivity contribution in [1.29, 1.82) is 0 Å². The number of ether oxygens (including phenoxy) is 1. The van der Waals surface area contributed by atoms with Gasteiger partial charge in [-0.1, -0.05) is 24.4 Å². The van der Waals surface area contributed by atoms with Crippen LogP contribution in [0.3, 0.4) is 0 Å². The van der Waals surface area contributed by atoms with Crippen LogP contribution in [-0.2, 0) is 0 Å². The van der Waals surface area contributed by atoms with Gasteiger partial charge in [0.15, 0.2) is 5.82 Å². The van der Waals surface area contributed by atoms with Crippen LogP contribution in [0.15, 0.2) is 24.5 Å². The second-order valence-electron chi connectivity index (χ2n) is 6.07. The first-order valence-electron chi connectivity index (χ1n) is 8.14. The molecule has 0 spiro atoms. The Morgan fingerprint density at radius 3 is 2.88 bits per heavy atom. The maximum absolute atomic E-state index is 12.6. The maximum Gasteiger partial charge on any atom is 0.255 e. The molecule has 1 atom stereocenters. The van der Waals surface area contributed by atoms with Crippen LogP contribution in [-0.4, -0.2) is 27.8 Å². The minimum absolute atomic E-state index is 0.247. The summed E-state index contributed by atoms with van der Waals surface area (Å²) in [6, 6.07) is 5.14. The zero-order valence-corrected chi connectivity index (χ0v) is 14.6. The minimum atomic E-state index is -0.260. The van der Waals surface area contributed by atoms with Crippen molar-refractivity contribution in [2.24, 2.45) is 0 Å². The number of amides is 1. The third-order valence-electron chi connectivity index (χ3n) is 4.46. The van der Waals surface area contributed by atoms with Gasteiger partial charge in [-0.3, -0.25) is 4.79 Å². The van der Waals surface area contributed by atoms with Crippen LogP contribution in [0, 0.1) is 0 Å². The van der Waals surface area contributed by atoms with Crippen molar-refractivity contribution in [2.45, 2.75) is 44.7 Å². The van der Waals surface area contributed by atoms with Gasteiger partial charge in [0.2, 0.25) is 0 Å². The zero-order valence-electron chi connectivity index (χ0n) is 13.8. The number of aromatic nitrogens is 3. The van der Waals surface area contributed by atoms with Crippen LogP contribution in [0.1, 0.15) is 60.9 Å². The summed E-state index contributed by atoms with van der Waals surface area (Å²) >= 11 is 6.00. The van der Waals surface area contributed by atoms with Crippen molar-refractivity contribution in [2.75, 3.05) is 7.11 Å². The van der Waals surface area contributed by atoms with Crippen molar-refractivity contribution in [1.82, 2.24) is 20.1 Å². The Morgan fingerprint density at radius 2 is 2.17 bits per heavy atom. The first kappa shape index (κ1) is 16.8. The van der Waals surface area contributed by atoms with Gasteiger partial charge in [0.25, 0.3) is 5.91 Å². The molecule has 6 nitrogen and oxygen atoms in total. The number of methoxy groups -OCH3 is 1. The quantitative estimate of drug-likeness (QED) is 0.897. The van der Waals surface area contributed by atoms with E-state index in [2.05, 4.69) is 20.1 Å². The number of halogens is 1. The van der Waals surface area contributed by atoms with E-state index in [0.29, 0.717) is 22.4 Å². The van der Waals surface area contributed by atoms with Crippen LogP contribution in [0.25, 0.3) is 0 Å². The van der Waals surface area contributed by atoms with Gasteiger partial charge in [-0.15, -0.1) is 10.2 Å². The van der Waals surface area contributed by atoms with E-state index >= 15 is 0 Å². The van der Waals surface area contributed by atoms with Crippen LogP contribution in [0.4, 0.5) is 0 Å². The van der Waals surface area contributed by atoms with Gasteiger partial charge < -0.3 is 14.6 Å². The molecule has 1 aliphatic rings. The lowest BCUT2D eigenvalue weighted by Crippen LogP contribution is -2.29. The number of hydrogen-bond acceptors (Lipinski definition) is 4. The monoisotopic (exact) mass is 348 g/mol. The van der Waals surface area contributed by atoms with E-state index in [1.54, 1.807) is 24.5 Å². The van der Waals surface area contributed by atoms with Crippen molar-refractivity contribution in [3.05, 3.63) is 40.9 Å². The van der Waals surface area contributed by atoms with Crippen molar-refractivity contribution in [3.8, 4) is 5.75 Å². The summed E-state index contributed by atoms with van der Waals surface area (Å²) in [5.41, 5.74) is 0.406. The Morgan fingerprint density at radius 1 is 1.42 bits per heavy atom. The first-order valence-corrected chi connectivity index (χ1v) is 8.51. The predicted molar refractivity (Wildman–Crippen MR) is 91.4 cm³/mol. The fraction of sp³-hybridized carbons (Fsp3) is 0.471. The lowest BCUT2D eigenvalue weighted by atomic mass is 10.1. The Labute approximate surface area is 146 Å². The lowest BCUT2D eigenvalue weighted by Gasteiger charge is -2.19. The zero-order chi connectivity index (χ0) is 17.1. The second-order valence-corrected chi connectivity index (χ2v) is 6.51. The molecule has 1 aromatic heterocycles. The van der Waals surface area contributed by atoms with Crippen LogP contribution < -0.4 is 10.1 Å². The standard InChI is InChI=1S/C17H21ClN4O2/c1-11(16-21-19-10-22(16)13-5-3-4-6-13)20-17(23)14-9-12(18)7-8-15(14)24-2/h7-11,13H,3-6H2,1-2H3,(H,20,23). The van der Waals surface area contributed by atoms with Gasteiger partial charge in [0.1, 0.15) is 12.1 Å². The number of carbonyl (C=O) groups is 1. The van der Waals surface area contributed by atoms with Gasteiger partial charge >= 0.3 is 0 Å². The molecule has 24 heavy (non-hydrogen) atoms. The Hall–Kier alpha value is -2.08. The highest BCUT2D eigenvalue weighted by atomic mass is 35.5. The number of hydrogen-bond donors (Lipinski definition) is 1. The second kappa shape index (κ2) is 7.21. The van der Waals surface area contributed by atoms with Crippen molar-refractivity contribution in [3.63, 3.8) is 0 Å². The molecule has 1 aliphatic carbocycles. The van der Waals surface area contributed by atoms with E-state index in [9.17, 15) is 4.79 Å². The van der Waals surface area contributed by atoms with Crippen molar-refractivity contribution < 1.29 is 9.53 Å². The van der Waals surface area contributed by atoms with Crippen LogP contribution >= 0.6 is 11.6 Å². The van der Waals surface area contributed by atoms with Crippen LogP contribution in [0.2, 0.25) is 5.02 Å². The number of carbonyl (C=O) groups excluding carboxylic acids is 1. The number of nitrogens with zero attached hydrogens (tertiary/aromatic N) is 3. The molecule has 1 fully saturated rings. The van der Waals surface area contributed by atoms with E-state index in [4.69, 9.17) is 16.3 Å². The Balaban J connectivity index is 1.78. The highest BCUT2D eigenvalue weighted by Gasteiger charge is 2.24. The number of benzene rings is 1. The average Bonchev–Trinajstić information content (AvgIpc) is 3.25. The third-order valence-corrected chi connectivity index (χ3v) is 4.70. The van der Waals surface area contributed by atoms with E-state index in [-0.39, 0.29) is 11.9 Å². The van der Waals surface area contributed by atoms with Gasteiger partial charge in [0.05, 0.1) is 18.7 Å². The molecule has 0 bridgehead atoms. The molecule has 128 valence electrons. The van der Waals surface area contributed by atoms with Gasteiger partial charge in [-0.25, -0.2) is 0 Å². The minimum Gasteiger partial charge on any atom is -0.496 e. The summed E-state index contributed by atoms with van der Waals surface area (Å²) in [5, 5.41) is 11.7. The number of rotatable bonds is 5. The fourth-order valence-electron chi connectivity index (χ4n) is 3.22. The molecule has 0 aliphatic heterocycles. The normalized spacial score (nSPS) is 16.1. The van der Waals surface area contributed by atoms with E-state index < -0.39 is 0 Å². The highest BCUT2D eigenvalue weighted by molar-refractivity contribution is 6.31. The lowest BCUT2D eigenvalue weighted by molar-refractivity contribution is 0.0934. The smallest absolute Gasteiger partial charge is 0.255 e. The number of nitrogens with one attached hydrogen (secondary N) is 1. The summed E-state index contributed by atoms with van der Waals surface area (Å²) < 4.78 is 7.34. The summed E-state index contributed by atoms with van der Waals surface area (Å²) in [6.45, 7) is 1.91. The first-order chi connectivity index (χ1) is 11.6. The molecular formula is C17H21ClN4O2. The molecule has 1 unspecified atom stereocenters. The molecule has 3 rings (SSSR count). The molecule has 1 heterocycles. The molecular weight excluding hydrogens is 328 g/mol. The fourth-order valence-corrected chi connectivity index (χ4v) is 3.39. The predicted octanol–water partition coefficient (Wildman–Crippen LogP) is 3.55. The van der Waals surface area contributed by atoms with Gasteiger partial charge in [-0.05, 0) is 38.0 Å². The molecule has 0 saturated heterocycles. The summed E-state index contributed by atoms with van der Waals surface area (Å²) in [6.07, 6.45) is 6.47. The maximum atomic E-state index is 12.6. The third kappa shape index (κ3) is 3.38. The molecule has 1 aromatic carbocycles. The van der Waals surface area contributed by atoms with Crippen LogP contribution in [0.5, 0.6) is 5.75 Å². The molecule has 1 saturated carbocycles. The van der Waals surface area contributed by atoms with Crippen molar-refractivity contribution >= 4 is 17.5 Å². The molecule has 1 amide bonds. The summed E-state index contributed by atoms with van der Waals surface area (Å²) in [4.78, 5) is 12.6. The van der Waals surface area contributed by atoms with Gasteiger partial charge in [0, 0.05) is 11.1 Å². The Kier molecular flexibility index (Phi) is 5.04. The largest absolute Gasteiger partial charge is 0.496 e. The van der Waals surface area contributed by atoms with E-state index in [1.807, 2.05) is 6.92 Å². The topological polar surface area (TPSA) is 69.0 Å². The molecule has 7 heteroatoms. The molecule has 2 aromatic rings. The van der Waals surface area contributed by atoms with E-state index in [0.717, 1.165) is 18.7 Å². The molecule has 0 radical (unpaired) electrons. The Bertz CT molecular complexity index is 725. The summed E-state index contributed by atoms with van der Waals surface area (Å²) in [7, 11) is 1.53. The highest BCUT2D eigenvalue weighted by Crippen LogP contribution is 2.31. The van der Waals surface area contributed by atoms with E-state index in [1.165, 1.54) is 20.0 Å². The van der Waals surface area contributed by atoms with Gasteiger partial charge in [-0.2, -0.15) is 0 Å². The SMILES string of the molecule is COc1ccc(Cl)cc1C(=O)NC(C)c1nncn1C1CCCC1. The molecule has 1 N–H and O–H groups in total.